The van der Waals surface area contributed by atoms with Crippen LogP contribution in [0.15, 0.2) is 60.7 Å². The van der Waals surface area contributed by atoms with Gasteiger partial charge in [-0.3, -0.25) is 14.5 Å². The van der Waals surface area contributed by atoms with Gasteiger partial charge in [0.25, 0.3) is 0 Å². The molecule has 0 aromatic heterocycles. The minimum Gasteiger partial charge on any atom is -0.493 e. The molecule has 0 bridgehead atoms. The summed E-state index contributed by atoms with van der Waals surface area (Å²) in [4.78, 5) is 30.1. The van der Waals surface area contributed by atoms with Gasteiger partial charge < -0.3 is 29.2 Å². The van der Waals surface area contributed by atoms with Gasteiger partial charge in [0.2, 0.25) is 11.8 Å². The van der Waals surface area contributed by atoms with Crippen LogP contribution in [0.4, 0.5) is 0 Å². The van der Waals surface area contributed by atoms with Crippen molar-refractivity contribution in [3.05, 3.63) is 82.9 Å². The molecule has 3 aromatic rings. The van der Waals surface area contributed by atoms with E-state index in [-0.39, 0.29) is 30.8 Å². The van der Waals surface area contributed by atoms with Gasteiger partial charge in [-0.2, -0.15) is 0 Å². The Balaban J connectivity index is 1.81. The zero-order valence-electron chi connectivity index (χ0n) is 26.0. The molecule has 9 heteroatoms. The van der Waals surface area contributed by atoms with Gasteiger partial charge in [0.05, 0.1) is 28.4 Å². The predicted molar refractivity (Wildman–Crippen MR) is 166 cm³/mol. The van der Waals surface area contributed by atoms with E-state index in [0.29, 0.717) is 36.0 Å². The first-order valence-electron chi connectivity index (χ1n) is 14.6. The van der Waals surface area contributed by atoms with Crippen molar-refractivity contribution in [3.63, 3.8) is 0 Å². The van der Waals surface area contributed by atoms with E-state index in [0.717, 1.165) is 35.1 Å². The molecule has 43 heavy (non-hydrogen) atoms. The number of hydrogen-bond donors (Lipinski definition) is 1. The summed E-state index contributed by atoms with van der Waals surface area (Å²) < 4.78 is 22.5. The quantitative estimate of drug-likeness (QED) is 0.331. The third-order valence-corrected chi connectivity index (χ3v) is 7.98. The topological polar surface area (TPSA) is 89.6 Å². The minimum atomic E-state index is -0.583. The second kappa shape index (κ2) is 14.8. The minimum absolute atomic E-state index is 0.0346. The van der Waals surface area contributed by atoms with Gasteiger partial charge in [-0.05, 0) is 65.8 Å². The molecule has 2 unspecified atom stereocenters. The fourth-order valence-electron chi connectivity index (χ4n) is 5.76. The lowest BCUT2D eigenvalue weighted by atomic mass is 9.91. The zero-order valence-corrected chi connectivity index (χ0v) is 26.0. The maximum atomic E-state index is 14.1. The molecule has 0 spiro atoms. The van der Waals surface area contributed by atoms with Crippen LogP contribution in [0.1, 0.15) is 47.2 Å². The first kappa shape index (κ1) is 31.7. The third-order valence-electron chi connectivity index (χ3n) is 7.98. The maximum absolute atomic E-state index is 14.1. The number of aryl methyl sites for hydroxylation is 1. The number of rotatable bonds is 12. The van der Waals surface area contributed by atoms with E-state index in [9.17, 15) is 9.59 Å². The lowest BCUT2D eigenvalue weighted by Gasteiger charge is -2.37. The molecule has 0 radical (unpaired) electrons. The number of fused-ring (bicyclic) bond motifs is 1. The number of ether oxygens (including phenoxy) is 4. The van der Waals surface area contributed by atoms with E-state index < -0.39 is 6.04 Å². The van der Waals surface area contributed by atoms with Crippen molar-refractivity contribution in [2.75, 3.05) is 55.6 Å². The number of methoxy groups -OCH3 is 4. The molecule has 230 valence electrons. The number of benzene rings is 3. The number of amides is 2. The monoisotopic (exact) mass is 589 g/mol. The molecular formula is C34H43N3O6. The van der Waals surface area contributed by atoms with Crippen LogP contribution < -0.4 is 24.3 Å². The van der Waals surface area contributed by atoms with Crippen molar-refractivity contribution < 1.29 is 28.5 Å². The van der Waals surface area contributed by atoms with Gasteiger partial charge in [-0.1, -0.05) is 36.4 Å². The van der Waals surface area contributed by atoms with Gasteiger partial charge in [-0.15, -0.1) is 0 Å². The van der Waals surface area contributed by atoms with Crippen molar-refractivity contribution in [2.24, 2.45) is 0 Å². The normalized spacial score (nSPS) is 15.4. The second-order valence-corrected chi connectivity index (χ2v) is 10.8. The molecule has 2 amide bonds. The van der Waals surface area contributed by atoms with E-state index in [1.165, 1.54) is 4.90 Å². The van der Waals surface area contributed by atoms with E-state index in [2.05, 4.69) is 16.3 Å². The van der Waals surface area contributed by atoms with Gasteiger partial charge in [0, 0.05) is 39.6 Å². The summed E-state index contributed by atoms with van der Waals surface area (Å²) in [6.07, 6.45) is 2.52. The van der Waals surface area contributed by atoms with Gasteiger partial charge in [0.1, 0.15) is 6.04 Å². The molecule has 2 atom stereocenters. The molecule has 0 fully saturated rings. The zero-order chi connectivity index (χ0) is 30.9. The van der Waals surface area contributed by atoms with Gasteiger partial charge >= 0.3 is 0 Å². The number of carbonyl (C=O) groups excluding carboxylic acids is 2. The Labute approximate surface area is 254 Å². The Hall–Kier alpha value is -4.24. The largest absolute Gasteiger partial charge is 0.493 e. The SMILES string of the molecule is COc1ccc(CC2c3cc(OC)c(OC)cc3CCCN2C(C(=O)NCCC(=O)N(C)C)c2ccccc2)cc1OC. The number of nitrogens with one attached hydrogen (secondary N) is 1. The Morgan fingerprint density at radius 3 is 2.19 bits per heavy atom. The highest BCUT2D eigenvalue weighted by Gasteiger charge is 2.36. The van der Waals surface area contributed by atoms with Crippen LogP contribution in [0.25, 0.3) is 0 Å². The van der Waals surface area contributed by atoms with Crippen LogP contribution in [0.2, 0.25) is 0 Å². The summed E-state index contributed by atoms with van der Waals surface area (Å²) in [5.41, 5.74) is 4.18. The van der Waals surface area contributed by atoms with Crippen molar-refractivity contribution in [1.29, 1.82) is 0 Å². The van der Waals surface area contributed by atoms with Crippen molar-refractivity contribution in [3.8, 4) is 23.0 Å². The predicted octanol–water partition coefficient (Wildman–Crippen LogP) is 4.59. The highest BCUT2D eigenvalue weighted by molar-refractivity contribution is 5.84. The molecule has 4 rings (SSSR count). The van der Waals surface area contributed by atoms with Gasteiger partial charge in [-0.25, -0.2) is 0 Å². The van der Waals surface area contributed by atoms with Crippen molar-refractivity contribution in [1.82, 2.24) is 15.1 Å². The average molecular weight is 590 g/mol. The first-order valence-corrected chi connectivity index (χ1v) is 14.6. The molecule has 0 saturated carbocycles. The second-order valence-electron chi connectivity index (χ2n) is 10.8. The van der Waals surface area contributed by atoms with E-state index in [1.807, 2.05) is 54.6 Å². The highest BCUT2D eigenvalue weighted by atomic mass is 16.5. The van der Waals surface area contributed by atoms with Crippen LogP contribution in [0, 0.1) is 0 Å². The summed E-state index contributed by atoms with van der Waals surface area (Å²) in [5, 5.41) is 3.06. The summed E-state index contributed by atoms with van der Waals surface area (Å²) in [6.45, 7) is 0.940. The van der Waals surface area contributed by atoms with E-state index in [4.69, 9.17) is 18.9 Å². The number of nitrogens with zero attached hydrogens (tertiary/aromatic N) is 2. The van der Waals surface area contributed by atoms with Crippen LogP contribution in [-0.2, 0) is 22.4 Å². The Kier molecular flexibility index (Phi) is 10.9. The molecule has 0 aliphatic carbocycles. The Morgan fingerprint density at radius 1 is 0.884 bits per heavy atom. The fourth-order valence-corrected chi connectivity index (χ4v) is 5.76. The third kappa shape index (κ3) is 7.40. The molecule has 1 heterocycles. The molecular weight excluding hydrogens is 546 g/mol. The lowest BCUT2D eigenvalue weighted by Crippen LogP contribution is -2.44. The summed E-state index contributed by atoms with van der Waals surface area (Å²) in [5.74, 6) is 2.46. The van der Waals surface area contributed by atoms with Crippen LogP contribution in [0.5, 0.6) is 23.0 Å². The van der Waals surface area contributed by atoms with Crippen LogP contribution in [-0.4, -0.2) is 77.2 Å². The first-order chi connectivity index (χ1) is 20.8. The standard InChI is InChI=1S/C34H43N3O6/c1-36(2)32(38)16-17-35-34(39)33(24-11-8-7-9-12-24)37-18-10-13-25-21-30(42-5)31(43-6)22-26(25)27(37)19-23-14-15-28(40-3)29(20-23)41-4/h7-9,11-12,14-15,20-22,27,33H,10,13,16-19H2,1-6H3,(H,35,39). The molecule has 9 nitrogen and oxygen atoms in total. The molecule has 1 aliphatic heterocycles. The summed E-state index contributed by atoms with van der Waals surface area (Å²) >= 11 is 0. The van der Waals surface area contributed by atoms with Crippen LogP contribution in [0.3, 0.4) is 0 Å². The summed E-state index contributed by atoms with van der Waals surface area (Å²) in [7, 11) is 9.96. The van der Waals surface area contributed by atoms with E-state index >= 15 is 0 Å². The average Bonchev–Trinajstić information content (AvgIpc) is 3.19. The van der Waals surface area contributed by atoms with Crippen molar-refractivity contribution in [2.45, 2.75) is 37.8 Å². The maximum Gasteiger partial charge on any atom is 0.241 e. The number of hydrogen-bond acceptors (Lipinski definition) is 7. The Morgan fingerprint density at radius 2 is 1.53 bits per heavy atom. The van der Waals surface area contributed by atoms with Crippen LogP contribution >= 0.6 is 0 Å². The summed E-state index contributed by atoms with van der Waals surface area (Å²) in [6, 6.07) is 19.1. The fraction of sp³-hybridized carbons (Fsp3) is 0.412. The smallest absolute Gasteiger partial charge is 0.241 e. The highest BCUT2D eigenvalue weighted by Crippen LogP contribution is 2.42. The molecule has 1 aliphatic rings. The Bertz CT molecular complexity index is 1390. The van der Waals surface area contributed by atoms with Crippen molar-refractivity contribution >= 4 is 11.8 Å². The molecule has 0 saturated heterocycles. The molecule has 1 N–H and O–H groups in total. The van der Waals surface area contributed by atoms with Gasteiger partial charge in [0.15, 0.2) is 23.0 Å². The van der Waals surface area contributed by atoms with E-state index in [1.54, 1.807) is 42.5 Å². The molecule has 3 aromatic carbocycles. The lowest BCUT2D eigenvalue weighted by molar-refractivity contribution is -0.129. The number of carbonyl (C=O) groups is 2.